The van der Waals surface area contributed by atoms with Crippen molar-refractivity contribution in [2.45, 2.75) is 24.5 Å². The minimum atomic E-state index is 0.280. The van der Waals surface area contributed by atoms with Gasteiger partial charge in [0, 0.05) is 5.75 Å². The number of rotatable bonds is 6. The van der Waals surface area contributed by atoms with Gasteiger partial charge in [0.05, 0.1) is 0 Å². The lowest BCUT2D eigenvalue weighted by Crippen LogP contribution is -1.95. The molecule has 112 valence electrons. The number of benzene rings is 2. The van der Waals surface area contributed by atoms with Crippen molar-refractivity contribution in [3.8, 4) is 5.75 Å². The maximum Gasteiger partial charge on any atom is 0.277 e. The largest absolute Gasteiger partial charge is 0.484 e. The van der Waals surface area contributed by atoms with E-state index in [4.69, 9.17) is 9.15 Å². The Hall–Kier alpha value is -2.27. The molecule has 5 heteroatoms. The Morgan fingerprint density at radius 2 is 1.77 bits per heavy atom. The van der Waals surface area contributed by atoms with E-state index in [0.29, 0.717) is 11.1 Å². The Kier molecular flexibility index (Phi) is 4.75. The molecule has 0 radical (unpaired) electrons. The molecular weight excluding hydrogens is 296 g/mol. The number of hydrogen-bond acceptors (Lipinski definition) is 5. The van der Waals surface area contributed by atoms with Crippen molar-refractivity contribution in [2.24, 2.45) is 0 Å². The molecule has 0 amide bonds. The van der Waals surface area contributed by atoms with Crippen molar-refractivity contribution in [1.82, 2.24) is 10.2 Å². The highest BCUT2D eigenvalue weighted by Crippen LogP contribution is 2.21. The van der Waals surface area contributed by atoms with Gasteiger partial charge in [-0.15, -0.1) is 10.2 Å². The van der Waals surface area contributed by atoms with E-state index in [2.05, 4.69) is 22.3 Å². The molecule has 3 aromatic rings. The van der Waals surface area contributed by atoms with Crippen LogP contribution in [0.3, 0.4) is 0 Å². The molecule has 0 spiro atoms. The number of aryl methyl sites for hydroxylation is 1. The third kappa shape index (κ3) is 4.11. The monoisotopic (exact) mass is 312 g/mol. The maximum absolute atomic E-state index is 5.62. The summed E-state index contributed by atoms with van der Waals surface area (Å²) in [6.07, 6.45) is 0. The summed E-state index contributed by atoms with van der Waals surface area (Å²) in [6, 6.07) is 18.0. The van der Waals surface area contributed by atoms with Crippen molar-refractivity contribution in [3.05, 3.63) is 71.6 Å². The molecule has 4 nitrogen and oxygen atoms in total. The summed E-state index contributed by atoms with van der Waals surface area (Å²) in [5.41, 5.74) is 2.42. The van der Waals surface area contributed by atoms with E-state index in [1.807, 2.05) is 49.4 Å². The smallest absolute Gasteiger partial charge is 0.277 e. The highest BCUT2D eigenvalue weighted by Gasteiger charge is 2.07. The second kappa shape index (κ2) is 7.13. The lowest BCUT2D eigenvalue weighted by molar-refractivity contribution is 0.252. The zero-order valence-electron chi connectivity index (χ0n) is 12.2. The Morgan fingerprint density at radius 3 is 2.55 bits per heavy atom. The van der Waals surface area contributed by atoms with Gasteiger partial charge in [-0.05, 0) is 24.6 Å². The molecule has 0 saturated carbocycles. The molecule has 2 aromatic carbocycles. The maximum atomic E-state index is 5.62. The Labute approximate surface area is 133 Å². The molecule has 3 rings (SSSR count). The first-order valence-electron chi connectivity index (χ1n) is 6.98. The van der Waals surface area contributed by atoms with Crippen LogP contribution < -0.4 is 4.74 Å². The predicted molar refractivity (Wildman–Crippen MR) is 85.8 cm³/mol. The Morgan fingerprint density at radius 1 is 1.00 bits per heavy atom. The highest BCUT2D eigenvalue weighted by molar-refractivity contribution is 7.98. The average Bonchev–Trinajstić information content (AvgIpc) is 3.01. The van der Waals surface area contributed by atoms with E-state index < -0.39 is 0 Å². The SMILES string of the molecule is Cc1ccc(OCc2nnc(SCc3ccccc3)o2)cc1. The van der Waals surface area contributed by atoms with Crippen molar-refractivity contribution in [2.75, 3.05) is 0 Å². The van der Waals surface area contributed by atoms with Gasteiger partial charge in [0.15, 0.2) is 6.61 Å². The van der Waals surface area contributed by atoms with Gasteiger partial charge in [0.25, 0.3) is 11.1 Å². The van der Waals surface area contributed by atoms with Gasteiger partial charge >= 0.3 is 0 Å². The van der Waals surface area contributed by atoms with E-state index >= 15 is 0 Å². The van der Waals surface area contributed by atoms with Crippen LogP contribution in [0.25, 0.3) is 0 Å². The molecule has 1 aromatic heterocycles. The zero-order valence-corrected chi connectivity index (χ0v) is 13.0. The molecular formula is C17H16N2O2S. The number of thioether (sulfide) groups is 1. The second-order valence-corrected chi connectivity index (χ2v) is 5.76. The van der Waals surface area contributed by atoms with Crippen molar-refractivity contribution < 1.29 is 9.15 Å². The molecule has 1 heterocycles. The standard InChI is InChI=1S/C17H16N2O2S/c1-13-7-9-15(10-8-13)20-11-16-18-19-17(21-16)22-12-14-5-3-2-4-6-14/h2-10H,11-12H2,1H3. The van der Waals surface area contributed by atoms with Gasteiger partial charge in [0.1, 0.15) is 5.75 Å². The van der Waals surface area contributed by atoms with Gasteiger partial charge in [-0.2, -0.15) is 0 Å². The lowest BCUT2D eigenvalue weighted by Gasteiger charge is -2.02. The van der Waals surface area contributed by atoms with Crippen LogP contribution >= 0.6 is 11.8 Å². The second-order valence-electron chi connectivity index (χ2n) is 4.84. The Bertz CT molecular complexity index is 711. The summed E-state index contributed by atoms with van der Waals surface area (Å²) in [7, 11) is 0. The topological polar surface area (TPSA) is 48.2 Å². The third-order valence-corrected chi connectivity index (χ3v) is 3.93. The highest BCUT2D eigenvalue weighted by atomic mass is 32.2. The summed E-state index contributed by atoms with van der Waals surface area (Å²) in [6.45, 7) is 2.32. The first-order chi connectivity index (χ1) is 10.8. The van der Waals surface area contributed by atoms with E-state index in [-0.39, 0.29) is 6.61 Å². The minimum absolute atomic E-state index is 0.280. The molecule has 0 atom stereocenters. The number of nitrogens with zero attached hydrogens (tertiary/aromatic N) is 2. The molecule has 0 bridgehead atoms. The van der Waals surface area contributed by atoms with Crippen molar-refractivity contribution >= 4 is 11.8 Å². The van der Waals surface area contributed by atoms with Crippen LogP contribution in [0.15, 0.2) is 64.2 Å². The van der Waals surface area contributed by atoms with Crippen LogP contribution in [-0.2, 0) is 12.4 Å². The molecule has 0 aliphatic heterocycles. The van der Waals surface area contributed by atoms with Crippen LogP contribution in [0.5, 0.6) is 5.75 Å². The number of hydrogen-bond donors (Lipinski definition) is 0. The molecule has 0 N–H and O–H groups in total. The van der Waals surface area contributed by atoms with Crippen molar-refractivity contribution in [3.63, 3.8) is 0 Å². The number of aromatic nitrogens is 2. The molecule has 0 aliphatic carbocycles. The Balaban J connectivity index is 1.51. The normalized spacial score (nSPS) is 10.6. The summed E-state index contributed by atoms with van der Waals surface area (Å²) in [4.78, 5) is 0. The van der Waals surface area contributed by atoms with Gasteiger partial charge < -0.3 is 9.15 Å². The van der Waals surface area contributed by atoms with Crippen LogP contribution in [0.2, 0.25) is 0 Å². The number of ether oxygens (including phenoxy) is 1. The summed E-state index contributed by atoms with van der Waals surface area (Å²) < 4.78 is 11.2. The van der Waals surface area contributed by atoms with E-state index in [9.17, 15) is 0 Å². The van der Waals surface area contributed by atoms with Gasteiger partial charge in [-0.25, -0.2) is 0 Å². The summed E-state index contributed by atoms with van der Waals surface area (Å²) >= 11 is 1.52. The molecule has 0 saturated heterocycles. The zero-order chi connectivity index (χ0) is 15.2. The summed E-state index contributed by atoms with van der Waals surface area (Å²) in [5, 5.41) is 8.58. The molecule has 22 heavy (non-hydrogen) atoms. The quantitative estimate of drug-likeness (QED) is 0.637. The molecule has 0 unspecified atom stereocenters. The predicted octanol–water partition coefficient (Wildman–Crippen LogP) is 4.25. The van der Waals surface area contributed by atoms with Crippen LogP contribution in [0, 0.1) is 6.92 Å². The van der Waals surface area contributed by atoms with Crippen LogP contribution in [-0.4, -0.2) is 10.2 Å². The van der Waals surface area contributed by atoms with Crippen LogP contribution in [0.4, 0.5) is 0 Å². The molecule has 0 aliphatic rings. The average molecular weight is 312 g/mol. The van der Waals surface area contributed by atoms with Gasteiger partial charge in [-0.3, -0.25) is 0 Å². The fraction of sp³-hybridized carbons (Fsp3) is 0.176. The van der Waals surface area contributed by atoms with Gasteiger partial charge in [0.2, 0.25) is 0 Å². The van der Waals surface area contributed by atoms with Crippen LogP contribution in [0.1, 0.15) is 17.0 Å². The lowest BCUT2D eigenvalue weighted by atomic mass is 10.2. The fourth-order valence-electron chi connectivity index (χ4n) is 1.85. The van der Waals surface area contributed by atoms with E-state index in [0.717, 1.165) is 11.5 Å². The van der Waals surface area contributed by atoms with Crippen molar-refractivity contribution in [1.29, 1.82) is 0 Å². The molecule has 0 fully saturated rings. The van der Waals surface area contributed by atoms with Gasteiger partial charge in [-0.1, -0.05) is 59.8 Å². The van der Waals surface area contributed by atoms with E-state index in [1.165, 1.54) is 22.9 Å². The summed E-state index contributed by atoms with van der Waals surface area (Å²) in [5.74, 6) is 2.08. The fourth-order valence-corrected chi connectivity index (χ4v) is 2.59. The first-order valence-corrected chi connectivity index (χ1v) is 7.97. The third-order valence-electron chi connectivity index (χ3n) is 3.04. The van der Waals surface area contributed by atoms with E-state index in [1.54, 1.807) is 0 Å². The minimum Gasteiger partial charge on any atom is -0.484 e. The first kappa shape index (κ1) is 14.7.